The van der Waals surface area contributed by atoms with E-state index in [1.54, 1.807) is 0 Å². The number of halogens is 1. The van der Waals surface area contributed by atoms with E-state index in [0.717, 1.165) is 26.4 Å². The lowest BCUT2D eigenvalue weighted by molar-refractivity contribution is -0.131. The van der Waals surface area contributed by atoms with E-state index in [2.05, 4.69) is 0 Å². The number of carbonyl (C=O) groups is 1. The van der Waals surface area contributed by atoms with Crippen LogP contribution in [0.4, 0.5) is 0 Å². The highest BCUT2D eigenvalue weighted by Crippen LogP contribution is 2.26. The number of carboxylic acids is 1. The van der Waals surface area contributed by atoms with Gasteiger partial charge < -0.3 is 9.84 Å². The zero-order valence-electron chi connectivity index (χ0n) is 10.8. The molecule has 0 aliphatic heterocycles. The summed E-state index contributed by atoms with van der Waals surface area (Å²) in [7, 11) is 0. The highest BCUT2D eigenvalue weighted by Gasteiger charge is 2.04. The van der Waals surface area contributed by atoms with Crippen molar-refractivity contribution in [1.29, 1.82) is 0 Å². The third kappa shape index (κ3) is 4.11. The minimum Gasteiger partial charge on any atom is -0.487 e. The van der Waals surface area contributed by atoms with Crippen molar-refractivity contribution in [2.45, 2.75) is 13.5 Å². The van der Waals surface area contributed by atoms with Gasteiger partial charge in [-0.2, -0.15) is 0 Å². The highest BCUT2D eigenvalue weighted by molar-refractivity contribution is 7.16. The summed E-state index contributed by atoms with van der Waals surface area (Å²) in [4.78, 5) is 11.6. The Labute approximate surface area is 126 Å². The summed E-state index contributed by atoms with van der Waals surface area (Å²) >= 11 is 7.33. The van der Waals surface area contributed by atoms with E-state index in [-0.39, 0.29) is 0 Å². The molecular weight excluding hydrogens is 296 g/mol. The van der Waals surface area contributed by atoms with Gasteiger partial charge in [0, 0.05) is 16.5 Å². The average molecular weight is 309 g/mol. The number of carboxylic acid groups (broad SMARTS) is 1. The van der Waals surface area contributed by atoms with Gasteiger partial charge in [0.15, 0.2) is 0 Å². The second kappa shape index (κ2) is 6.59. The molecule has 20 heavy (non-hydrogen) atoms. The predicted molar refractivity (Wildman–Crippen MR) is 81.5 cm³/mol. The van der Waals surface area contributed by atoms with E-state index in [4.69, 9.17) is 21.4 Å². The molecular formula is C15H13ClO3S. The summed E-state index contributed by atoms with van der Waals surface area (Å²) in [5.74, 6) is -0.333. The Bertz CT molecular complexity index is 646. The summed E-state index contributed by atoms with van der Waals surface area (Å²) in [5.41, 5.74) is 1.79. The number of benzene rings is 1. The van der Waals surface area contributed by atoms with Crippen molar-refractivity contribution in [2.75, 3.05) is 0 Å². The van der Waals surface area contributed by atoms with Gasteiger partial charge in [0.05, 0.1) is 4.34 Å². The van der Waals surface area contributed by atoms with Crippen LogP contribution in [0.25, 0.3) is 6.08 Å². The Kier molecular flexibility index (Phi) is 4.82. The molecule has 0 fully saturated rings. The Morgan fingerprint density at radius 3 is 2.85 bits per heavy atom. The molecule has 0 aliphatic rings. The van der Waals surface area contributed by atoms with Crippen LogP contribution in [0.5, 0.6) is 5.75 Å². The van der Waals surface area contributed by atoms with Crippen LogP contribution in [0.3, 0.4) is 0 Å². The van der Waals surface area contributed by atoms with Gasteiger partial charge >= 0.3 is 5.97 Å². The molecule has 0 atom stereocenters. The zero-order valence-corrected chi connectivity index (χ0v) is 12.4. The van der Waals surface area contributed by atoms with Crippen molar-refractivity contribution >= 4 is 35.0 Å². The largest absolute Gasteiger partial charge is 0.487 e. The van der Waals surface area contributed by atoms with Crippen LogP contribution in [0.1, 0.15) is 16.0 Å². The lowest BCUT2D eigenvalue weighted by Crippen LogP contribution is -1.96. The van der Waals surface area contributed by atoms with Crippen LogP contribution >= 0.6 is 22.9 Å². The first-order valence-corrected chi connectivity index (χ1v) is 7.13. The van der Waals surface area contributed by atoms with Crippen LogP contribution in [0, 0.1) is 6.92 Å². The first-order valence-electron chi connectivity index (χ1n) is 5.93. The lowest BCUT2D eigenvalue weighted by Gasteiger charge is -2.09. The minimum atomic E-state index is -0.984. The van der Waals surface area contributed by atoms with Gasteiger partial charge in [-0.25, -0.2) is 4.79 Å². The van der Waals surface area contributed by atoms with Crippen molar-refractivity contribution in [3.63, 3.8) is 0 Å². The highest BCUT2D eigenvalue weighted by atomic mass is 35.5. The molecule has 1 heterocycles. The number of aliphatic carboxylic acids is 1. The quantitative estimate of drug-likeness (QED) is 0.833. The topological polar surface area (TPSA) is 46.5 Å². The van der Waals surface area contributed by atoms with Crippen LogP contribution in [-0.2, 0) is 11.4 Å². The Balaban J connectivity index is 2.15. The van der Waals surface area contributed by atoms with E-state index in [9.17, 15) is 4.79 Å². The fourth-order valence-electron chi connectivity index (χ4n) is 1.67. The monoisotopic (exact) mass is 308 g/mol. The molecule has 1 aromatic carbocycles. The summed E-state index contributed by atoms with van der Waals surface area (Å²) in [6.45, 7) is 2.36. The smallest absolute Gasteiger partial charge is 0.328 e. The number of aryl methyl sites for hydroxylation is 1. The molecule has 0 amide bonds. The summed E-state index contributed by atoms with van der Waals surface area (Å²) in [6, 6.07) is 9.39. The van der Waals surface area contributed by atoms with Gasteiger partial charge in [-0.3, -0.25) is 0 Å². The van der Waals surface area contributed by atoms with Crippen LogP contribution in [-0.4, -0.2) is 11.1 Å². The number of rotatable bonds is 5. The fourth-order valence-corrected chi connectivity index (χ4v) is 2.67. The summed E-state index contributed by atoms with van der Waals surface area (Å²) in [6.07, 6.45) is 2.63. The van der Waals surface area contributed by atoms with E-state index in [1.807, 2.05) is 37.3 Å². The molecule has 0 radical (unpaired) electrons. The van der Waals surface area contributed by atoms with E-state index < -0.39 is 5.97 Å². The van der Waals surface area contributed by atoms with Crippen molar-refractivity contribution in [1.82, 2.24) is 0 Å². The molecule has 1 N–H and O–H groups in total. The molecule has 5 heteroatoms. The van der Waals surface area contributed by atoms with Gasteiger partial charge in [0.1, 0.15) is 12.4 Å². The SMILES string of the molecule is Cc1ccc(OCc2ccc(Cl)s2)c(C=CC(=O)O)c1. The molecule has 0 bridgehead atoms. The number of ether oxygens (including phenoxy) is 1. The molecule has 0 aliphatic carbocycles. The maximum absolute atomic E-state index is 10.6. The van der Waals surface area contributed by atoms with Crippen molar-refractivity contribution in [2.24, 2.45) is 0 Å². The van der Waals surface area contributed by atoms with Gasteiger partial charge in [-0.1, -0.05) is 23.2 Å². The molecule has 0 saturated carbocycles. The normalized spacial score (nSPS) is 10.9. The van der Waals surface area contributed by atoms with Crippen LogP contribution in [0.2, 0.25) is 4.34 Å². The predicted octanol–water partition coefficient (Wildman–Crippen LogP) is 4.39. The van der Waals surface area contributed by atoms with E-state index in [0.29, 0.717) is 12.4 Å². The molecule has 2 rings (SSSR count). The molecule has 3 nitrogen and oxygen atoms in total. The van der Waals surface area contributed by atoms with Crippen molar-refractivity contribution in [3.8, 4) is 5.75 Å². The van der Waals surface area contributed by atoms with Gasteiger partial charge in [0.2, 0.25) is 0 Å². The average Bonchev–Trinajstić information content (AvgIpc) is 2.81. The maximum atomic E-state index is 10.6. The Morgan fingerprint density at radius 2 is 2.20 bits per heavy atom. The van der Waals surface area contributed by atoms with Crippen molar-refractivity contribution in [3.05, 3.63) is 56.7 Å². The third-order valence-electron chi connectivity index (χ3n) is 2.57. The van der Waals surface area contributed by atoms with Gasteiger partial charge in [-0.15, -0.1) is 11.3 Å². The molecule has 1 aromatic heterocycles. The third-order valence-corrected chi connectivity index (χ3v) is 3.77. The molecule has 2 aromatic rings. The van der Waals surface area contributed by atoms with Crippen molar-refractivity contribution < 1.29 is 14.6 Å². The maximum Gasteiger partial charge on any atom is 0.328 e. The van der Waals surface area contributed by atoms with Crippen LogP contribution in [0.15, 0.2) is 36.4 Å². The Morgan fingerprint density at radius 1 is 1.40 bits per heavy atom. The number of hydrogen-bond donors (Lipinski definition) is 1. The molecule has 104 valence electrons. The zero-order chi connectivity index (χ0) is 14.5. The first-order chi connectivity index (χ1) is 9.54. The second-order valence-electron chi connectivity index (χ2n) is 4.21. The van der Waals surface area contributed by atoms with E-state index >= 15 is 0 Å². The van der Waals surface area contributed by atoms with Gasteiger partial charge in [-0.05, 0) is 37.3 Å². The van der Waals surface area contributed by atoms with Crippen LogP contribution < -0.4 is 4.74 Å². The van der Waals surface area contributed by atoms with Gasteiger partial charge in [0.25, 0.3) is 0 Å². The standard InChI is InChI=1S/C15H13ClO3S/c1-10-2-5-13(11(8-10)3-7-15(17)18)19-9-12-4-6-14(16)20-12/h2-8H,9H2,1H3,(H,17,18). The second-order valence-corrected chi connectivity index (χ2v) is 6.01. The Hall–Kier alpha value is -1.78. The number of thiophene rings is 1. The molecule has 0 saturated heterocycles. The summed E-state index contributed by atoms with van der Waals surface area (Å²) in [5, 5.41) is 8.71. The number of hydrogen-bond acceptors (Lipinski definition) is 3. The molecule has 0 unspecified atom stereocenters. The lowest BCUT2D eigenvalue weighted by atomic mass is 10.1. The first kappa shape index (κ1) is 14.6. The molecule has 0 spiro atoms. The van der Waals surface area contributed by atoms with E-state index in [1.165, 1.54) is 17.4 Å². The summed E-state index contributed by atoms with van der Waals surface area (Å²) < 4.78 is 6.45. The fraction of sp³-hybridized carbons (Fsp3) is 0.133. The minimum absolute atomic E-state index is 0.411.